The topological polar surface area (TPSA) is 0 Å². The molecule has 0 N–H and O–H groups in total. The first-order chi connectivity index (χ1) is 7.20. The van der Waals surface area contributed by atoms with E-state index in [1.165, 1.54) is 19.3 Å². The summed E-state index contributed by atoms with van der Waals surface area (Å²) in [6, 6.07) is 3.91. The second-order valence-corrected chi connectivity index (χ2v) is 6.03. The van der Waals surface area contributed by atoms with Gasteiger partial charge in [0.2, 0.25) is 0 Å². The third-order valence-electron chi connectivity index (χ3n) is 3.11. The molecular formula is C12H13BrFI. The molecule has 1 aromatic carbocycles. The summed E-state index contributed by atoms with van der Waals surface area (Å²) in [4.78, 5) is 0. The van der Waals surface area contributed by atoms with E-state index in [1.54, 1.807) is 0 Å². The number of halogens is 3. The maximum atomic E-state index is 14.0. The van der Waals surface area contributed by atoms with E-state index in [9.17, 15) is 4.39 Å². The van der Waals surface area contributed by atoms with Gasteiger partial charge in [0.25, 0.3) is 0 Å². The summed E-state index contributed by atoms with van der Waals surface area (Å²) >= 11 is 5.43. The van der Waals surface area contributed by atoms with Crippen LogP contribution >= 0.6 is 38.5 Å². The molecule has 0 spiro atoms. The van der Waals surface area contributed by atoms with Crippen molar-refractivity contribution < 1.29 is 4.39 Å². The lowest BCUT2D eigenvalue weighted by molar-refractivity contribution is 0.428. The van der Waals surface area contributed by atoms with Crippen molar-refractivity contribution in [3.63, 3.8) is 0 Å². The summed E-state index contributed by atoms with van der Waals surface area (Å²) in [5.74, 6) is 0.428. The second-order valence-electron chi connectivity index (χ2n) is 4.10. The van der Waals surface area contributed by atoms with Crippen molar-refractivity contribution in [3.05, 3.63) is 31.6 Å². The van der Waals surface area contributed by atoms with E-state index in [0.717, 1.165) is 26.4 Å². The van der Waals surface area contributed by atoms with E-state index in [0.29, 0.717) is 5.92 Å². The Morgan fingerprint density at radius 2 is 1.87 bits per heavy atom. The van der Waals surface area contributed by atoms with Gasteiger partial charge >= 0.3 is 0 Å². The minimum atomic E-state index is -0.0168. The second kappa shape index (κ2) is 5.13. The third kappa shape index (κ3) is 2.54. The third-order valence-corrected chi connectivity index (χ3v) is 5.57. The Labute approximate surface area is 112 Å². The summed E-state index contributed by atoms with van der Waals surface area (Å²) in [5.41, 5.74) is 0.919. The van der Waals surface area contributed by atoms with Crippen LogP contribution < -0.4 is 0 Å². The van der Waals surface area contributed by atoms with Crippen LogP contribution in [-0.4, -0.2) is 0 Å². The van der Waals surface area contributed by atoms with Crippen LogP contribution in [0.2, 0.25) is 0 Å². The van der Waals surface area contributed by atoms with E-state index < -0.39 is 0 Å². The summed E-state index contributed by atoms with van der Waals surface area (Å²) in [6.45, 7) is 0. The van der Waals surface area contributed by atoms with Gasteiger partial charge in [0.05, 0.1) is 3.57 Å². The molecule has 82 valence electrons. The van der Waals surface area contributed by atoms with E-state index in [4.69, 9.17) is 0 Å². The molecule has 0 amide bonds. The number of hydrogen-bond donors (Lipinski definition) is 0. The lowest BCUT2D eigenvalue weighted by Crippen LogP contribution is -2.07. The van der Waals surface area contributed by atoms with Gasteiger partial charge in [0, 0.05) is 4.47 Å². The van der Waals surface area contributed by atoms with Gasteiger partial charge in [0.15, 0.2) is 0 Å². The molecule has 0 heterocycles. The smallest absolute Gasteiger partial charge is 0.141 e. The van der Waals surface area contributed by atoms with E-state index >= 15 is 0 Å². The first kappa shape index (κ1) is 11.8. The van der Waals surface area contributed by atoms with Crippen molar-refractivity contribution in [2.75, 3.05) is 0 Å². The molecule has 0 aliphatic heterocycles. The molecule has 0 atom stereocenters. The van der Waals surface area contributed by atoms with Gasteiger partial charge in [0.1, 0.15) is 5.82 Å². The highest BCUT2D eigenvalue weighted by molar-refractivity contribution is 14.1. The molecule has 1 saturated carbocycles. The highest BCUT2D eigenvalue weighted by Gasteiger charge is 2.20. The minimum absolute atomic E-state index is 0.0168. The molecule has 3 heteroatoms. The van der Waals surface area contributed by atoms with Crippen LogP contribution in [0.4, 0.5) is 4.39 Å². The molecule has 2 rings (SSSR count). The average molecular weight is 383 g/mol. The Kier molecular flexibility index (Phi) is 4.04. The van der Waals surface area contributed by atoms with E-state index in [2.05, 4.69) is 38.5 Å². The zero-order valence-corrected chi connectivity index (χ0v) is 12.1. The first-order valence-electron chi connectivity index (χ1n) is 5.33. The summed E-state index contributed by atoms with van der Waals surface area (Å²) in [6.07, 6.45) is 6.10. The molecule has 0 aromatic heterocycles. The Morgan fingerprint density at radius 1 is 1.20 bits per heavy atom. The lowest BCUT2D eigenvalue weighted by atomic mass is 9.84. The van der Waals surface area contributed by atoms with Crippen LogP contribution in [0.3, 0.4) is 0 Å². The fourth-order valence-electron chi connectivity index (χ4n) is 2.27. The fraction of sp³-hybridized carbons (Fsp3) is 0.500. The zero-order chi connectivity index (χ0) is 10.8. The van der Waals surface area contributed by atoms with Gasteiger partial charge in [-0.2, -0.15) is 0 Å². The molecule has 0 saturated heterocycles. The van der Waals surface area contributed by atoms with Crippen LogP contribution in [0.15, 0.2) is 16.6 Å². The van der Waals surface area contributed by atoms with Gasteiger partial charge in [-0.25, -0.2) is 4.39 Å². The number of hydrogen-bond acceptors (Lipinski definition) is 0. The maximum Gasteiger partial charge on any atom is 0.141 e. The molecule has 1 aromatic rings. The normalized spacial score (nSPS) is 18.1. The Bertz CT molecular complexity index is 359. The van der Waals surface area contributed by atoms with Gasteiger partial charge in [-0.15, -0.1) is 0 Å². The first-order valence-corrected chi connectivity index (χ1v) is 7.20. The van der Waals surface area contributed by atoms with Gasteiger partial charge in [-0.3, -0.25) is 0 Å². The molecular weight excluding hydrogens is 370 g/mol. The molecule has 0 unspecified atom stereocenters. The standard InChI is InChI=1S/C12H13BrFI/c13-10-7-6-9(11(14)12(10)15)8-4-2-1-3-5-8/h6-8H,1-5H2. The summed E-state index contributed by atoms with van der Waals surface area (Å²) in [7, 11) is 0. The molecule has 1 fully saturated rings. The largest absolute Gasteiger partial charge is 0.205 e. The minimum Gasteiger partial charge on any atom is -0.205 e. The van der Waals surface area contributed by atoms with Crippen molar-refractivity contribution in [2.45, 2.75) is 38.0 Å². The summed E-state index contributed by atoms with van der Waals surface area (Å²) < 4.78 is 15.6. The molecule has 15 heavy (non-hydrogen) atoms. The monoisotopic (exact) mass is 382 g/mol. The Morgan fingerprint density at radius 3 is 2.53 bits per heavy atom. The van der Waals surface area contributed by atoms with Crippen LogP contribution in [-0.2, 0) is 0 Å². The highest BCUT2D eigenvalue weighted by Crippen LogP contribution is 2.36. The average Bonchev–Trinajstić information content (AvgIpc) is 2.27. The van der Waals surface area contributed by atoms with Crippen LogP contribution in [0.1, 0.15) is 43.6 Å². The quantitative estimate of drug-likeness (QED) is 0.460. The van der Waals surface area contributed by atoms with Gasteiger partial charge < -0.3 is 0 Å². The zero-order valence-electron chi connectivity index (χ0n) is 8.40. The van der Waals surface area contributed by atoms with Crippen molar-refractivity contribution in [1.82, 2.24) is 0 Å². The SMILES string of the molecule is Fc1c(C2CCCCC2)ccc(Br)c1I. The maximum absolute atomic E-state index is 14.0. The van der Waals surface area contributed by atoms with E-state index in [-0.39, 0.29) is 5.82 Å². The fourth-order valence-corrected chi connectivity index (χ4v) is 3.07. The van der Waals surface area contributed by atoms with Crippen LogP contribution in [0, 0.1) is 9.39 Å². The van der Waals surface area contributed by atoms with Crippen molar-refractivity contribution in [3.8, 4) is 0 Å². The molecule has 1 aliphatic carbocycles. The van der Waals surface area contributed by atoms with Gasteiger partial charge in [-0.1, -0.05) is 25.3 Å². The summed E-state index contributed by atoms with van der Waals surface area (Å²) in [5, 5.41) is 0. The number of rotatable bonds is 1. The Hall–Kier alpha value is 0.360. The van der Waals surface area contributed by atoms with Crippen molar-refractivity contribution in [2.24, 2.45) is 0 Å². The molecule has 1 aliphatic rings. The highest BCUT2D eigenvalue weighted by atomic mass is 127. The predicted molar refractivity (Wildman–Crippen MR) is 72.6 cm³/mol. The van der Waals surface area contributed by atoms with Crippen LogP contribution in [0.25, 0.3) is 0 Å². The Balaban J connectivity index is 2.31. The van der Waals surface area contributed by atoms with Crippen LogP contribution in [0.5, 0.6) is 0 Å². The lowest BCUT2D eigenvalue weighted by Gasteiger charge is -2.22. The molecule has 0 nitrogen and oxygen atoms in total. The molecule has 0 radical (unpaired) electrons. The van der Waals surface area contributed by atoms with Crippen molar-refractivity contribution >= 4 is 38.5 Å². The van der Waals surface area contributed by atoms with Gasteiger partial charge in [-0.05, 0) is 68.9 Å². The van der Waals surface area contributed by atoms with Crippen molar-refractivity contribution in [1.29, 1.82) is 0 Å². The predicted octanol–water partition coefficient (Wildman–Crippen LogP) is 5.24. The molecule has 0 bridgehead atoms. The van der Waals surface area contributed by atoms with E-state index in [1.807, 2.05) is 12.1 Å². The number of benzene rings is 1.